The van der Waals surface area contributed by atoms with Gasteiger partial charge in [0.05, 0.1) is 22.5 Å². The fourth-order valence-corrected chi connectivity index (χ4v) is 7.40. The first-order valence-electron chi connectivity index (χ1n) is 9.88. The molecular formula is C20H19Cl2N2O6S4+. The molecule has 14 heteroatoms. The molecule has 1 aliphatic heterocycles. The molecule has 34 heavy (non-hydrogen) atoms. The van der Waals surface area contributed by atoms with Gasteiger partial charge in [0.1, 0.15) is 4.70 Å². The van der Waals surface area contributed by atoms with Gasteiger partial charge in [-0.3, -0.25) is 9.11 Å². The van der Waals surface area contributed by atoms with Crippen LogP contribution in [-0.2, 0) is 26.1 Å². The monoisotopic (exact) mass is 581 g/mol. The molecule has 8 nitrogen and oxygen atoms in total. The number of benzene rings is 2. The molecule has 0 amide bonds. The van der Waals surface area contributed by atoms with E-state index in [9.17, 15) is 21.4 Å². The average Bonchev–Trinajstić information content (AvgIpc) is 3.21. The summed E-state index contributed by atoms with van der Waals surface area (Å²) < 4.78 is 66.4. The van der Waals surface area contributed by atoms with Crippen molar-refractivity contribution < 1.29 is 30.5 Å². The van der Waals surface area contributed by atoms with E-state index in [4.69, 9.17) is 27.8 Å². The van der Waals surface area contributed by atoms with Crippen LogP contribution in [0.1, 0.15) is 17.8 Å². The summed E-state index contributed by atoms with van der Waals surface area (Å²) in [5, 5.41) is 2.35. The Morgan fingerprint density at radius 3 is 2.38 bits per heavy atom. The highest BCUT2D eigenvalue weighted by Gasteiger charge is 2.30. The van der Waals surface area contributed by atoms with Gasteiger partial charge in [-0.05, 0) is 43.2 Å². The number of hydrogen-bond donors (Lipinski definition) is 2. The molecular weight excluding hydrogens is 563 g/mol. The number of hydrogen-bond acceptors (Lipinski definition) is 7. The molecule has 2 aromatic carbocycles. The predicted octanol–water partition coefficient (Wildman–Crippen LogP) is 4.92. The van der Waals surface area contributed by atoms with Crippen LogP contribution in [0, 0.1) is 0 Å². The van der Waals surface area contributed by atoms with Gasteiger partial charge < -0.3 is 4.90 Å². The second-order valence-electron chi connectivity index (χ2n) is 7.53. The smallest absolute Gasteiger partial charge is 0.326 e. The van der Waals surface area contributed by atoms with E-state index in [-0.39, 0.29) is 12.2 Å². The number of halogens is 2. The highest BCUT2D eigenvalue weighted by molar-refractivity contribution is 8.04. The molecule has 182 valence electrons. The fourth-order valence-electron chi connectivity index (χ4n) is 3.55. The van der Waals surface area contributed by atoms with E-state index in [1.807, 2.05) is 23.1 Å². The van der Waals surface area contributed by atoms with Gasteiger partial charge in [-0.2, -0.15) is 21.4 Å². The molecule has 2 N–H and O–H groups in total. The van der Waals surface area contributed by atoms with Crippen LogP contribution in [0.5, 0.6) is 0 Å². The van der Waals surface area contributed by atoms with Crippen LogP contribution in [0.2, 0.25) is 10.0 Å². The SMILES string of the molecule is O=S(=O)(O)CCCCN1C(=Cc2sc3ccc(Cl)cc3[n+]2CS(=O)(=O)O)Sc2ccc(Cl)cc21. The third-order valence-corrected chi connectivity index (χ3v) is 9.04. The van der Waals surface area contributed by atoms with E-state index in [1.54, 1.807) is 24.3 Å². The lowest BCUT2D eigenvalue weighted by Crippen LogP contribution is -2.39. The van der Waals surface area contributed by atoms with Gasteiger partial charge in [-0.15, -0.1) is 0 Å². The molecule has 0 spiro atoms. The van der Waals surface area contributed by atoms with Crippen LogP contribution in [0.25, 0.3) is 16.3 Å². The topological polar surface area (TPSA) is 116 Å². The predicted molar refractivity (Wildman–Crippen MR) is 137 cm³/mol. The number of anilines is 1. The second kappa shape index (κ2) is 9.94. The maximum Gasteiger partial charge on any atom is 0.326 e. The lowest BCUT2D eigenvalue weighted by atomic mass is 10.2. The Bertz CT molecular complexity index is 1500. The zero-order chi connectivity index (χ0) is 24.7. The summed E-state index contributed by atoms with van der Waals surface area (Å²) in [5.74, 6) is -0.967. The quantitative estimate of drug-likeness (QED) is 0.219. The molecule has 0 saturated heterocycles. The first-order valence-corrected chi connectivity index (χ1v) is 15.5. The molecule has 0 saturated carbocycles. The Hall–Kier alpha value is -1.38. The van der Waals surface area contributed by atoms with Crippen LogP contribution in [0.4, 0.5) is 5.69 Å². The summed E-state index contributed by atoms with van der Waals surface area (Å²) in [4.78, 5) is 2.92. The number of unbranched alkanes of at least 4 members (excludes halogenated alkanes) is 1. The number of nitrogens with zero attached hydrogens (tertiary/aromatic N) is 2. The molecule has 2 heterocycles. The summed E-state index contributed by atoms with van der Waals surface area (Å²) in [5.41, 5.74) is 1.42. The van der Waals surface area contributed by atoms with Crippen molar-refractivity contribution in [2.24, 2.45) is 0 Å². The molecule has 0 aliphatic carbocycles. The van der Waals surface area contributed by atoms with E-state index < -0.39 is 26.1 Å². The van der Waals surface area contributed by atoms with Gasteiger partial charge >= 0.3 is 10.1 Å². The summed E-state index contributed by atoms with van der Waals surface area (Å²) in [6.07, 6.45) is 2.58. The lowest BCUT2D eigenvalue weighted by molar-refractivity contribution is -0.649. The van der Waals surface area contributed by atoms with Gasteiger partial charge in [-0.25, -0.2) is 0 Å². The molecule has 4 rings (SSSR count). The van der Waals surface area contributed by atoms with Crippen molar-refractivity contribution in [3.8, 4) is 0 Å². The summed E-state index contributed by atoms with van der Waals surface area (Å²) in [7, 11) is -8.38. The van der Waals surface area contributed by atoms with Crippen molar-refractivity contribution >= 4 is 88.5 Å². The number of aromatic nitrogens is 1. The molecule has 0 radical (unpaired) electrons. The second-order valence-corrected chi connectivity index (χ2v) is 13.5. The summed E-state index contributed by atoms with van der Waals surface area (Å²) in [6, 6.07) is 10.6. The Morgan fingerprint density at radius 2 is 1.68 bits per heavy atom. The minimum atomic E-state index is -4.33. The van der Waals surface area contributed by atoms with E-state index in [0.29, 0.717) is 33.5 Å². The van der Waals surface area contributed by atoms with Crippen LogP contribution in [0.15, 0.2) is 46.3 Å². The fraction of sp³-hybridized carbons (Fsp3) is 0.250. The molecule has 0 fully saturated rings. The number of thioether (sulfide) groups is 1. The Labute approximate surface area is 215 Å². The molecule has 0 unspecified atom stereocenters. The first kappa shape index (κ1) is 25.7. The highest BCUT2D eigenvalue weighted by Crippen LogP contribution is 2.48. The lowest BCUT2D eigenvalue weighted by Gasteiger charge is -2.20. The van der Waals surface area contributed by atoms with Crippen molar-refractivity contribution in [1.29, 1.82) is 0 Å². The van der Waals surface area contributed by atoms with Crippen molar-refractivity contribution in [2.45, 2.75) is 23.6 Å². The Balaban J connectivity index is 1.74. The zero-order valence-corrected chi connectivity index (χ0v) is 22.2. The van der Waals surface area contributed by atoms with Gasteiger partial charge in [0, 0.05) is 27.6 Å². The molecule has 1 aliphatic rings. The normalized spacial score (nSPS) is 15.4. The van der Waals surface area contributed by atoms with Gasteiger partial charge in [0.15, 0.2) is 0 Å². The maximum absolute atomic E-state index is 11.7. The highest BCUT2D eigenvalue weighted by atomic mass is 35.5. The molecule has 1 aromatic heterocycles. The van der Waals surface area contributed by atoms with Crippen LogP contribution in [-0.4, -0.2) is 38.2 Å². The number of rotatable bonds is 8. The standard InChI is InChI=1S/C20H18Cl2N2O6S4/c21-13-3-5-17-15(9-13)23(7-1-2-8-33(25,26)27)19(31-17)11-20-24(12-34(28,29)30)16-10-14(22)4-6-18(16)32-20/h3-6,9-11H,1-2,7-8,12H2,(H-,25,26,27,28,29,30)/p+1. The Morgan fingerprint density at radius 1 is 0.971 bits per heavy atom. The van der Waals surface area contributed by atoms with Crippen LogP contribution in [0.3, 0.4) is 0 Å². The van der Waals surface area contributed by atoms with Crippen molar-refractivity contribution in [3.63, 3.8) is 0 Å². The third kappa shape index (κ3) is 6.24. The van der Waals surface area contributed by atoms with Crippen molar-refractivity contribution in [1.82, 2.24) is 0 Å². The van der Waals surface area contributed by atoms with Crippen LogP contribution < -0.4 is 9.47 Å². The first-order chi connectivity index (χ1) is 15.9. The zero-order valence-electron chi connectivity index (χ0n) is 17.4. The average molecular weight is 583 g/mol. The summed E-state index contributed by atoms with van der Waals surface area (Å²) >= 11 is 15.1. The van der Waals surface area contributed by atoms with Crippen molar-refractivity contribution in [3.05, 3.63) is 56.5 Å². The van der Waals surface area contributed by atoms with Gasteiger partial charge in [0.25, 0.3) is 21.0 Å². The molecule has 3 aromatic rings. The largest absolute Gasteiger partial charge is 0.335 e. The van der Waals surface area contributed by atoms with E-state index in [0.717, 1.165) is 20.3 Å². The minimum Gasteiger partial charge on any atom is -0.335 e. The van der Waals surface area contributed by atoms with Crippen molar-refractivity contribution in [2.75, 3.05) is 17.2 Å². The van der Waals surface area contributed by atoms with Gasteiger partial charge in [-0.1, -0.05) is 46.3 Å². The summed E-state index contributed by atoms with van der Waals surface area (Å²) in [6.45, 7) is 0.455. The minimum absolute atomic E-state index is 0.271. The molecule has 0 bridgehead atoms. The Kier molecular flexibility index (Phi) is 7.51. The number of thiazole rings is 1. The van der Waals surface area contributed by atoms with Gasteiger partial charge in [0.2, 0.25) is 5.52 Å². The third-order valence-electron chi connectivity index (χ3n) is 4.96. The van der Waals surface area contributed by atoms with E-state index in [2.05, 4.69) is 0 Å². The van der Waals surface area contributed by atoms with E-state index >= 15 is 0 Å². The molecule has 0 atom stereocenters. The number of fused-ring (bicyclic) bond motifs is 2. The van der Waals surface area contributed by atoms with Crippen LogP contribution >= 0.6 is 46.3 Å². The van der Waals surface area contributed by atoms with E-state index in [1.165, 1.54) is 27.7 Å². The maximum atomic E-state index is 11.7.